The van der Waals surface area contributed by atoms with E-state index in [1.165, 1.54) is 5.56 Å². The number of aryl methyl sites for hydroxylation is 2. The molecule has 0 fully saturated rings. The number of ether oxygens (including phenoxy) is 2. The van der Waals surface area contributed by atoms with E-state index in [0.29, 0.717) is 18.8 Å². The van der Waals surface area contributed by atoms with Crippen LogP contribution in [0.2, 0.25) is 0 Å². The minimum atomic E-state index is -0.241. The van der Waals surface area contributed by atoms with E-state index in [4.69, 9.17) is 9.47 Å². The standard InChI is InChI=1S/C18H19IO3/c1-4-18(20)22-17-7-5-6-15(19)14(17)11-21-16-9-8-12(2)10-13(16)3/h5-10H,4,11H2,1-3H3. The molecule has 116 valence electrons. The van der Waals surface area contributed by atoms with E-state index in [2.05, 4.69) is 35.6 Å². The van der Waals surface area contributed by atoms with E-state index in [0.717, 1.165) is 20.4 Å². The van der Waals surface area contributed by atoms with Crippen molar-refractivity contribution in [2.75, 3.05) is 0 Å². The first-order valence-corrected chi connectivity index (χ1v) is 8.27. The lowest BCUT2D eigenvalue weighted by Crippen LogP contribution is -2.09. The summed E-state index contributed by atoms with van der Waals surface area (Å²) < 4.78 is 12.3. The van der Waals surface area contributed by atoms with Gasteiger partial charge >= 0.3 is 5.97 Å². The number of carbonyl (C=O) groups excluding carboxylic acids is 1. The molecular formula is C18H19IO3. The minimum absolute atomic E-state index is 0.241. The molecular weight excluding hydrogens is 391 g/mol. The van der Waals surface area contributed by atoms with Crippen molar-refractivity contribution in [1.29, 1.82) is 0 Å². The molecule has 0 aliphatic carbocycles. The van der Waals surface area contributed by atoms with E-state index < -0.39 is 0 Å². The minimum Gasteiger partial charge on any atom is -0.488 e. The fourth-order valence-corrected chi connectivity index (χ4v) is 2.71. The highest BCUT2D eigenvalue weighted by atomic mass is 127. The van der Waals surface area contributed by atoms with Crippen LogP contribution in [-0.2, 0) is 11.4 Å². The zero-order valence-corrected chi connectivity index (χ0v) is 15.1. The summed E-state index contributed by atoms with van der Waals surface area (Å²) in [6.45, 7) is 6.23. The van der Waals surface area contributed by atoms with Gasteiger partial charge in [0.15, 0.2) is 0 Å². The third-order valence-electron chi connectivity index (χ3n) is 3.29. The smallest absolute Gasteiger partial charge is 0.310 e. The van der Waals surface area contributed by atoms with Crippen LogP contribution in [0.4, 0.5) is 0 Å². The first-order chi connectivity index (χ1) is 10.5. The molecule has 0 radical (unpaired) electrons. The molecule has 0 aromatic heterocycles. The number of benzene rings is 2. The Balaban J connectivity index is 2.19. The number of esters is 1. The predicted molar refractivity (Wildman–Crippen MR) is 95.3 cm³/mol. The molecule has 0 saturated heterocycles. The van der Waals surface area contributed by atoms with Crippen LogP contribution in [0.15, 0.2) is 36.4 Å². The van der Waals surface area contributed by atoms with E-state index in [-0.39, 0.29) is 5.97 Å². The van der Waals surface area contributed by atoms with Gasteiger partial charge in [-0.15, -0.1) is 0 Å². The monoisotopic (exact) mass is 410 g/mol. The molecule has 2 aromatic carbocycles. The maximum absolute atomic E-state index is 11.5. The van der Waals surface area contributed by atoms with Crippen LogP contribution in [-0.4, -0.2) is 5.97 Å². The van der Waals surface area contributed by atoms with Crippen LogP contribution >= 0.6 is 22.6 Å². The zero-order chi connectivity index (χ0) is 16.1. The summed E-state index contributed by atoms with van der Waals surface area (Å²) in [5, 5.41) is 0. The summed E-state index contributed by atoms with van der Waals surface area (Å²) in [7, 11) is 0. The Kier molecular flexibility index (Phi) is 5.83. The van der Waals surface area contributed by atoms with Crippen molar-refractivity contribution in [3.05, 3.63) is 56.7 Å². The molecule has 0 aliphatic rings. The van der Waals surface area contributed by atoms with Crippen molar-refractivity contribution in [3.8, 4) is 11.5 Å². The van der Waals surface area contributed by atoms with Gasteiger partial charge in [0.05, 0.1) is 0 Å². The normalized spacial score (nSPS) is 10.4. The summed E-state index contributed by atoms with van der Waals surface area (Å²) >= 11 is 2.23. The zero-order valence-electron chi connectivity index (χ0n) is 13.0. The lowest BCUT2D eigenvalue weighted by molar-refractivity contribution is -0.134. The molecule has 2 rings (SSSR count). The molecule has 0 heterocycles. The van der Waals surface area contributed by atoms with Gasteiger partial charge < -0.3 is 9.47 Å². The second kappa shape index (κ2) is 7.63. The number of halogens is 1. The van der Waals surface area contributed by atoms with Crippen molar-refractivity contribution >= 4 is 28.6 Å². The van der Waals surface area contributed by atoms with Gasteiger partial charge in [-0.25, -0.2) is 0 Å². The van der Waals surface area contributed by atoms with Gasteiger partial charge in [0, 0.05) is 15.6 Å². The maximum atomic E-state index is 11.5. The molecule has 0 atom stereocenters. The summed E-state index contributed by atoms with van der Waals surface area (Å²) in [5.74, 6) is 1.18. The van der Waals surface area contributed by atoms with Gasteiger partial charge in [0.1, 0.15) is 18.1 Å². The van der Waals surface area contributed by atoms with Gasteiger partial charge in [0.2, 0.25) is 0 Å². The van der Waals surface area contributed by atoms with Crippen molar-refractivity contribution in [3.63, 3.8) is 0 Å². The van der Waals surface area contributed by atoms with Gasteiger partial charge in [-0.05, 0) is 60.2 Å². The summed E-state index contributed by atoms with van der Waals surface area (Å²) in [6, 6.07) is 11.7. The first-order valence-electron chi connectivity index (χ1n) is 7.19. The highest BCUT2D eigenvalue weighted by Gasteiger charge is 2.12. The van der Waals surface area contributed by atoms with Gasteiger partial charge in [-0.1, -0.05) is 30.7 Å². The Bertz CT molecular complexity index is 680. The van der Waals surface area contributed by atoms with E-state index in [9.17, 15) is 4.79 Å². The fraction of sp³-hybridized carbons (Fsp3) is 0.278. The average molecular weight is 410 g/mol. The van der Waals surface area contributed by atoms with Crippen molar-refractivity contribution in [2.45, 2.75) is 33.8 Å². The summed E-state index contributed by atoms with van der Waals surface area (Å²) in [6.07, 6.45) is 0.350. The SMILES string of the molecule is CCC(=O)Oc1cccc(I)c1COc1ccc(C)cc1C. The van der Waals surface area contributed by atoms with Gasteiger partial charge in [-0.2, -0.15) is 0 Å². The molecule has 0 spiro atoms. The van der Waals surface area contributed by atoms with E-state index in [1.807, 2.05) is 31.2 Å². The second-order valence-corrected chi connectivity index (χ2v) is 6.26. The molecule has 0 N–H and O–H groups in total. The molecule has 0 bridgehead atoms. The Morgan fingerprint density at radius 3 is 2.59 bits per heavy atom. The molecule has 3 nitrogen and oxygen atoms in total. The Hall–Kier alpha value is -1.56. The Morgan fingerprint density at radius 1 is 1.14 bits per heavy atom. The van der Waals surface area contributed by atoms with Crippen molar-refractivity contribution in [1.82, 2.24) is 0 Å². The molecule has 22 heavy (non-hydrogen) atoms. The molecule has 0 saturated carbocycles. The molecule has 0 amide bonds. The maximum Gasteiger partial charge on any atom is 0.310 e. The Labute approximate surface area is 144 Å². The molecule has 4 heteroatoms. The summed E-state index contributed by atoms with van der Waals surface area (Å²) in [4.78, 5) is 11.5. The highest BCUT2D eigenvalue weighted by molar-refractivity contribution is 14.1. The first kappa shape index (κ1) is 16.8. The Morgan fingerprint density at radius 2 is 1.91 bits per heavy atom. The number of hydrogen-bond acceptors (Lipinski definition) is 3. The molecule has 0 aliphatic heterocycles. The largest absolute Gasteiger partial charge is 0.488 e. The van der Waals surface area contributed by atoms with Crippen molar-refractivity contribution < 1.29 is 14.3 Å². The van der Waals surface area contributed by atoms with Crippen LogP contribution in [0.1, 0.15) is 30.0 Å². The van der Waals surface area contributed by atoms with Crippen LogP contribution in [0.25, 0.3) is 0 Å². The predicted octanol–water partition coefficient (Wildman–Crippen LogP) is 4.80. The van der Waals surface area contributed by atoms with Crippen LogP contribution in [0, 0.1) is 17.4 Å². The van der Waals surface area contributed by atoms with Gasteiger partial charge in [0.25, 0.3) is 0 Å². The number of rotatable bonds is 5. The van der Waals surface area contributed by atoms with Crippen LogP contribution in [0.5, 0.6) is 11.5 Å². The summed E-state index contributed by atoms with van der Waals surface area (Å²) in [5.41, 5.74) is 3.19. The molecule has 0 unspecified atom stereocenters. The lowest BCUT2D eigenvalue weighted by atomic mass is 10.1. The second-order valence-electron chi connectivity index (χ2n) is 5.10. The fourth-order valence-electron chi connectivity index (χ4n) is 2.08. The third-order valence-corrected chi connectivity index (χ3v) is 4.30. The van der Waals surface area contributed by atoms with Crippen LogP contribution < -0.4 is 9.47 Å². The molecule has 2 aromatic rings. The van der Waals surface area contributed by atoms with Gasteiger partial charge in [-0.3, -0.25) is 4.79 Å². The van der Waals surface area contributed by atoms with E-state index in [1.54, 1.807) is 13.0 Å². The topological polar surface area (TPSA) is 35.5 Å². The highest BCUT2D eigenvalue weighted by Crippen LogP contribution is 2.27. The quantitative estimate of drug-likeness (QED) is 0.404. The number of hydrogen-bond donors (Lipinski definition) is 0. The van der Waals surface area contributed by atoms with Crippen molar-refractivity contribution in [2.24, 2.45) is 0 Å². The van der Waals surface area contributed by atoms with E-state index >= 15 is 0 Å². The van der Waals surface area contributed by atoms with Crippen LogP contribution in [0.3, 0.4) is 0 Å². The lowest BCUT2D eigenvalue weighted by Gasteiger charge is -2.14. The number of carbonyl (C=O) groups is 1. The third kappa shape index (κ3) is 4.22. The average Bonchev–Trinajstić information content (AvgIpc) is 2.48.